The highest BCUT2D eigenvalue weighted by Crippen LogP contribution is 2.26. The molecule has 5 heteroatoms. The Kier molecular flexibility index (Phi) is 6.59. The number of piperazine rings is 1. The number of anilines is 1. The molecular formula is C22H35ClN4. The van der Waals surface area contributed by atoms with E-state index in [4.69, 9.17) is 11.6 Å². The zero-order valence-electron chi connectivity index (χ0n) is 16.8. The quantitative estimate of drug-likeness (QED) is 0.780. The summed E-state index contributed by atoms with van der Waals surface area (Å²) in [4.78, 5) is 10.7. The molecule has 0 aliphatic carbocycles. The molecule has 0 N–H and O–H groups in total. The van der Waals surface area contributed by atoms with Crippen LogP contribution in [0.3, 0.4) is 0 Å². The summed E-state index contributed by atoms with van der Waals surface area (Å²) in [5.74, 6) is 0. The Morgan fingerprint density at radius 1 is 0.889 bits per heavy atom. The number of likely N-dealkylation sites (tertiary alicyclic amines) is 2. The third kappa shape index (κ3) is 4.79. The van der Waals surface area contributed by atoms with Crippen LogP contribution in [0.1, 0.15) is 32.6 Å². The summed E-state index contributed by atoms with van der Waals surface area (Å²) in [5, 5.41) is 0.840. The minimum absolute atomic E-state index is 0.754. The van der Waals surface area contributed by atoms with Crippen LogP contribution in [0, 0.1) is 0 Å². The minimum Gasteiger partial charge on any atom is -0.369 e. The number of halogens is 1. The molecule has 3 fully saturated rings. The topological polar surface area (TPSA) is 13.0 Å². The lowest BCUT2D eigenvalue weighted by Gasteiger charge is -2.47. The van der Waals surface area contributed by atoms with Gasteiger partial charge in [0.05, 0.1) is 0 Å². The summed E-state index contributed by atoms with van der Waals surface area (Å²) in [7, 11) is 0. The predicted molar refractivity (Wildman–Crippen MR) is 115 cm³/mol. The molecule has 3 aliphatic rings. The monoisotopic (exact) mass is 390 g/mol. The molecule has 0 bridgehead atoms. The molecule has 3 aliphatic heterocycles. The summed E-state index contributed by atoms with van der Waals surface area (Å²) in [6.07, 6.45) is 5.47. The first-order valence-corrected chi connectivity index (χ1v) is 11.3. The Morgan fingerprint density at radius 3 is 2.37 bits per heavy atom. The zero-order chi connectivity index (χ0) is 18.6. The highest BCUT2D eigenvalue weighted by atomic mass is 35.5. The van der Waals surface area contributed by atoms with Crippen LogP contribution in [0.4, 0.5) is 5.69 Å². The number of hydrogen-bond donors (Lipinski definition) is 0. The van der Waals surface area contributed by atoms with Gasteiger partial charge in [0.15, 0.2) is 0 Å². The normalized spacial score (nSPS) is 27.2. The Hall–Kier alpha value is -0.810. The minimum atomic E-state index is 0.754. The van der Waals surface area contributed by atoms with Crippen molar-refractivity contribution in [1.82, 2.24) is 14.7 Å². The van der Waals surface area contributed by atoms with Gasteiger partial charge in [-0.1, -0.05) is 24.6 Å². The van der Waals surface area contributed by atoms with E-state index in [1.54, 1.807) is 0 Å². The first-order valence-electron chi connectivity index (χ1n) is 10.9. The van der Waals surface area contributed by atoms with Gasteiger partial charge in [0.2, 0.25) is 0 Å². The second kappa shape index (κ2) is 9.13. The van der Waals surface area contributed by atoms with Crippen LogP contribution in [0.25, 0.3) is 0 Å². The van der Waals surface area contributed by atoms with E-state index in [0.29, 0.717) is 0 Å². The highest BCUT2D eigenvalue weighted by Gasteiger charge is 2.32. The van der Waals surface area contributed by atoms with Crippen LogP contribution in [0.15, 0.2) is 24.3 Å². The molecule has 4 rings (SSSR count). The van der Waals surface area contributed by atoms with Gasteiger partial charge in [0.25, 0.3) is 0 Å². The van der Waals surface area contributed by atoms with Gasteiger partial charge in [-0.15, -0.1) is 0 Å². The summed E-state index contributed by atoms with van der Waals surface area (Å²) in [6.45, 7) is 13.3. The molecule has 4 nitrogen and oxygen atoms in total. The largest absolute Gasteiger partial charge is 0.369 e. The van der Waals surface area contributed by atoms with Crippen LogP contribution < -0.4 is 4.90 Å². The van der Waals surface area contributed by atoms with E-state index in [-0.39, 0.29) is 0 Å². The van der Waals surface area contributed by atoms with Crippen molar-refractivity contribution in [1.29, 1.82) is 0 Å². The molecule has 3 saturated heterocycles. The molecule has 0 aromatic heterocycles. The fraction of sp³-hybridized carbons (Fsp3) is 0.727. The van der Waals surface area contributed by atoms with Gasteiger partial charge in [-0.05, 0) is 70.1 Å². The van der Waals surface area contributed by atoms with Crippen LogP contribution in [-0.2, 0) is 0 Å². The molecule has 1 aromatic carbocycles. The lowest BCUT2D eigenvalue weighted by molar-refractivity contribution is 0.0427. The van der Waals surface area contributed by atoms with Gasteiger partial charge in [0, 0.05) is 55.5 Å². The average Bonchev–Trinajstić information content (AvgIpc) is 2.74. The lowest BCUT2D eigenvalue weighted by atomic mass is 9.97. The van der Waals surface area contributed by atoms with E-state index in [1.165, 1.54) is 77.2 Å². The maximum Gasteiger partial charge on any atom is 0.0426 e. The van der Waals surface area contributed by atoms with Crippen molar-refractivity contribution >= 4 is 17.3 Å². The van der Waals surface area contributed by atoms with Crippen LogP contribution in [0.5, 0.6) is 0 Å². The van der Waals surface area contributed by atoms with Crippen molar-refractivity contribution < 1.29 is 0 Å². The second-order valence-electron chi connectivity index (χ2n) is 8.46. The molecule has 0 saturated carbocycles. The van der Waals surface area contributed by atoms with Crippen molar-refractivity contribution in [2.75, 3.05) is 63.8 Å². The van der Waals surface area contributed by atoms with Crippen molar-refractivity contribution in [3.63, 3.8) is 0 Å². The van der Waals surface area contributed by atoms with Gasteiger partial charge < -0.3 is 9.80 Å². The molecule has 0 radical (unpaired) electrons. The maximum atomic E-state index is 6.18. The van der Waals surface area contributed by atoms with Crippen LogP contribution in [0.2, 0.25) is 5.02 Å². The smallest absolute Gasteiger partial charge is 0.0426 e. The second-order valence-corrected chi connectivity index (χ2v) is 8.90. The molecule has 1 aromatic rings. The van der Waals surface area contributed by atoms with E-state index in [2.05, 4.69) is 44.7 Å². The van der Waals surface area contributed by atoms with E-state index in [1.807, 2.05) is 6.07 Å². The van der Waals surface area contributed by atoms with E-state index >= 15 is 0 Å². The first-order chi connectivity index (χ1) is 13.2. The summed E-state index contributed by atoms with van der Waals surface area (Å²) < 4.78 is 0. The molecule has 1 atom stereocenters. The van der Waals surface area contributed by atoms with Crippen molar-refractivity contribution in [2.45, 2.75) is 44.7 Å². The highest BCUT2D eigenvalue weighted by molar-refractivity contribution is 6.30. The number of nitrogens with zero attached hydrogens (tertiary/aromatic N) is 4. The fourth-order valence-corrected chi connectivity index (χ4v) is 5.42. The third-order valence-corrected chi connectivity index (χ3v) is 7.19. The molecule has 0 amide bonds. The van der Waals surface area contributed by atoms with E-state index in [0.717, 1.165) is 30.2 Å². The van der Waals surface area contributed by atoms with E-state index < -0.39 is 0 Å². The number of piperidine rings is 2. The number of benzene rings is 1. The van der Waals surface area contributed by atoms with Crippen molar-refractivity contribution in [3.05, 3.63) is 29.3 Å². The fourth-order valence-electron chi connectivity index (χ4n) is 5.23. The number of hydrogen-bond acceptors (Lipinski definition) is 4. The molecule has 1 unspecified atom stereocenters. The molecule has 150 valence electrons. The van der Waals surface area contributed by atoms with Gasteiger partial charge in [-0.25, -0.2) is 0 Å². The summed E-state index contributed by atoms with van der Waals surface area (Å²) >= 11 is 6.18. The maximum absolute atomic E-state index is 6.18. The van der Waals surface area contributed by atoms with Crippen LogP contribution >= 0.6 is 11.6 Å². The molecule has 3 heterocycles. The predicted octanol–water partition coefficient (Wildman–Crippen LogP) is 3.41. The van der Waals surface area contributed by atoms with Gasteiger partial charge in [-0.2, -0.15) is 0 Å². The Morgan fingerprint density at radius 2 is 1.67 bits per heavy atom. The van der Waals surface area contributed by atoms with Gasteiger partial charge in [0.1, 0.15) is 0 Å². The first kappa shape index (κ1) is 19.5. The van der Waals surface area contributed by atoms with Gasteiger partial charge in [-0.3, -0.25) is 9.80 Å². The van der Waals surface area contributed by atoms with Crippen molar-refractivity contribution in [2.24, 2.45) is 0 Å². The lowest BCUT2D eigenvalue weighted by Crippen LogP contribution is -2.57. The molecular weight excluding hydrogens is 356 g/mol. The third-order valence-electron chi connectivity index (χ3n) is 6.95. The SMILES string of the molecule is CCN1CCC(N2CCCC(N3CCN(c4cccc(Cl)c4)CC3)C2)CC1. The summed E-state index contributed by atoms with van der Waals surface area (Å²) in [6, 6.07) is 9.89. The Bertz CT molecular complexity index is 594. The van der Waals surface area contributed by atoms with Crippen LogP contribution in [-0.4, -0.2) is 85.7 Å². The Labute approximate surface area is 170 Å². The number of rotatable bonds is 4. The molecule has 0 spiro atoms. The average molecular weight is 391 g/mol. The van der Waals surface area contributed by atoms with E-state index in [9.17, 15) is 0 Å². The Balaban J connectivity index is 1.28. The zero-order valence-corrected chi connectivity index (χ0v) is 17.6. The van der Waals surface area contributed by atoms with Gasteiger partial charge >= 0.3 is 0 Å². The summed E-state index contributed by atoms with van der Waals surface area (Å²) in [5.41, 5.74) is 1.27. The molecule has 27 heavy (non-hydrogen) atoms. The van der Waals surface area contributed by atoms with Crippen molar-refractivity contribution in [3.8, 4) is 0 Å². The standard InChI is InChI=1S/C22H35ClN4/c1-2-24-11-8-20(9-12-24)27-10-4-7-22(18-27)26-15-13-25(14-16-26)21-6-3-5-19(23)17-21/h3,5-6,17,20,22H,2,4,7-16,18H2,1H3.